The van der Waals surface area contributed by atoms with Crippen LogP contribution in [0.4, 0.5) is 13.6 Å². The summed E-state index contributed by atoms with van der Waals surface area (Å²) in [6, 6.07) is 5.43. The van der Waals surface area contributed by atoms with Crippen molar-refractivity contribution in [2.24, 2.45) is 0 Å². The van der Waals surface area contributed by atoms with Crippen molar-refractivity contribution in [3.8, 4) is 17.2 Å². The predicted octanol–water partition coefficient (Wildman–Crippen LogP) is 3.80. The first-order chi connectivity index (χ1) is 15.0. The van der Waals surface area contributed by atoms with Gasteiger partial charge in [0.2, 0.25) is 0 Å². The second-order valence-corrected chi connectivity index (χ2v) is 8.84. The molecule has 0 radical (unpaired) electrons. The first-order valence-electron chi connectivity index (χ1n) is 10.3. The number of aromatic nitrogens is 1. The molecule has 0 aliphatic carbocycles. The lowest BCUT2D eigenvalue weighted by molar-refractivity contribution is -0.286. The van der Waals surface area contributed by atoms with Crippen molar-refractivity contribution in [3.63, 3.8) is 0 Å². The summed E-state index contributed by atoms with van der Waals surface area (Å²) in [7, 11) is 0. The number of carbonyl (C=O) groups is 1. The van der Waals surface area contributed by atoms with E-state index in [2.05, 4.69) is 19.8 Å². The van der Waals surface area contributed by atoms with Crippen LogP contribution in [-0.2, 0) is 4.74 Å². The molecule has 0 bridgehead atoms. The Morgan fingerprint density at radius 3 is 2.59 bits per heavy atom. The summed E-state index contributed by atoms with van der Waals surface area (Å²) in [4.78, 5) is 18.3. The molecule has 8 nitrogen and oxygen atoms in total. The number of ether oxygens (including phenoxy) is 3. The molecule has 1 amide bonds. The van der Waals surface area contributed by atoms with Crippen molar-refractivity contribution in [1.82, 2.24) is 15.2 Å². The Bertz CT molecular complexity index is 997. The third kappa shape index (κ3) is 4.85. The van der Waals surface area contributed by atoms with Crippen LogP contribution in [0.2, 0.25) is 0 Å². The summed E-state index contributed by atoms with van der Waals surface area (Å²) >= 11 is 0. The number of benzene rings is 1. The highest BCUT2D eigenvalue weighted by Gasteiger charge is 2.44. The number of alkyl halides is 2. The molecule has 10 heteroatoms. The van der Waals surface area contributed by atoms with Crippen LogP contribution in [0.15, 0.2) is 36.7 Å². The number of likely N-dealkylation sites (tertiary alicyclic amines) is 1. The zero-order valence-corrected chi connectivity index (χ0v) is 18.0. The maximum Gasteiger partial charge on any atom is 0.586 e. The summed E-state index contributed by atoms with van der Waals surface area (Å²) in [6.45, 7) is 6.44. The second-order valence-electron chi connectivity index (χ2n) is 8.84. The SMILES string of the molecule is CC(C)(C)OC(=O)N[C@@H]1CCN(C(c2ccncc2)c2cc3c(cc2O)OC(F)(F)O3)C1. The Morgan fingerprint density at radius 2 is 1.94 bits per heavy atom. The Kier molecular flexibility index (Phi) is 5.58. The highest BCUT2D eigenvalue weighted by Crippen LogP contribution is 2.47. The maximum atomic E-state index is 13.5. The molecule has 2 N–H and O–H groups in total. The van der Waals surface area contributed by atoms with Crippen molar-refractivity contribution in [2.45, 2.75) is 51.2 Å². The summed E-state index contributed by atoms with van der Waals surface area (Å²) in [5.74, 6) is -0.574. The topological polar surface area (TPSA) is 93.2 Å². The number of pyridine rings is 1. The highest BCUT2D eigenvalue weighted by atomic mass is 19.3. The first-order valence-corrected chi connectivity index (χ1v) is 10.3. The van der Waals surface area contributed by atoms with Crippen LogP contribution < -0.4 is 14.8 Å². The number of hydrogen-bond acceptors (Lipinski definition) is 7. The van der Waals surface area contributed by atoms with Crippen molar-refractivity contribution in [2.75, 3.05) is 13.1 Å². The Labute approximate surface area is 184 Å². The van der Waals surface area contributed by atoms with E-state index >= 15 is 0 Å². The molecule has 1 aromatic carbocycles. The number of alkyl carbamates (subject to hydrolysis) is 1. The van der Waals surface area contributed by atoms with Crippen LogP contribution in [0.1, 0.15) is 44.4 Å². The van der Waals surface area contributed by atoms with Gasteiger partial charge in [0.05, 0.1) is 6.04 Å². The van der Waals surface area contributed by atoms with Crippen LogP contribution in [0.25, 0.3) is 0 Å². The zero-order valence-electron chi connectivity index (χ0n) is 18.0. The molecule has 2 atom stereocenters. The largest absolute Gasteiger partial charge is 0.586 e. The van der Waals surface area contributed by atoms with Gasteiger partial charge in [0, 0.05) is 43.2 Å². The average molecular weight is 449 g/mol. The van der Waals surface area contributed by atoms with Crippen molar-refractivity contribution in [1.29, 1.82) is 0 Å². The summed E-state index contributed by atoms with van der Waals surface area (Å²) < 4.78 is 41.4. The highest BCUT2D eigenvalue weighted by molar-refractivity contribution is 5.68. The van der Waals surface area contributed by atoms with E-state index in [1.54, 1.807) is 45.3 Å². The molecular weight excluding hydrogens is 424 g/mol. The monoisotopic (exact) mass is 449 g/mol. The third-order valence-corrected chi connectivity index (χ3v) is 5.17. The average Bonchev–Trinajstić information content (AvgIpc) is 3.23. The van der Waals surface area contributed by atoms with E-state index in [0.717, 1.165) is 11.6 Å². The number of carbonyl (C=O) groups excluding carboxylic acids is 1. The number of phenols is 1. The van der Waals surface area contributed by atoms with Crippen molar-refractivity contribution in [3.05, 3.63) is 47.8 Å². The molecule has 2 aliphatic heterocycles. The van der Waals surface area contributed by atoms with Crippen LogP contribution in [0.5, 0.6) is 17.2 Å². The van der Waals surface area contributed by atoms with E-state index in [1.807, 2.05) is 4.90 Å². The van der Waals surface area contributed by atoms with E-state index in [-0.39, 0.29) is 23.3 Å². The molecular formula is C22H25F2N3O5. The molecule has 1 unspecified atom stereocenters. The summed E-state index contributed by atoms with van der Waals surface area (Å²) in [5.41, 5.74) is 0.579. The summed E-state index contributed by atoms with van der Waals surface area (Å²) in [6.07, 6.45) is -0.391. The fourth-order valence-corrected chi connectivity index (χ4v) is 3.97. The lowest BCUT2D eigenvalue weighted by atomic mass is 9.96. The standard InChI is InChI=1S/C22H25F2N3O5/c1-21(2,3)32-20(29)26-14-6-9-27(12-14)19(13-4-7-25-8-5-13)15-10-17-18(11-16(15)28)31-22(23,24)30-17/h4-5,7-8,10-11,14,19,28H,6,9,12H2,1-3H3,(H,26,29)/t14-,19?/m1/s1. The number of phenolic OH excluding ortho intramolecular Hbond substituents is 1. The summed E-state index contributed by atoms with van der Waals surface area (Å²) in [5, 5.41) is 13.5. The number of hydrogen-bond donors (Lipinski definition) is 2. The number of nitrogens with zero attached hydrogens (tertiary/aromatic N) is 2. The van der Waals surface area contributed by atoms with Gasteiger partial charge in [0.15, 0.2) is 11.5 Å². The molecule has 172 valence electrons. The number of fused-ring (bicyclic) bond motifs is 1. The van der Waals surface area contributed by atoms with Crippen LogP contribution in [0, 0.1) is 0 Å². The number of amides is 1. The molecule has 1 aromatic heterocycles. The molecule has 0 spiro atoms. The van der Waals surface area contributed by atoms with Crippen molar-refractivity contribution < 1.29 is 32.9 Å². The first kappa shape index (κ1) is 22.1. The van der Waals surface area contributed by atoms with Crippen LogP contribution >= 0.6 is 0 Å². The number of halogens is 2. The van der Waals surface area contributed by atoms with Gasteiger partial charge >= 0.3 is 12.4 Å². The normalized spacial score (nSPS) is 20.7. The molecule has 0 saturated carbocycles. The smallest absolute Gasteiger partial charge is 0.507 e. The maximum absolute atomic E-state index is 13.5. The Morgan fingerprint density at radius 1 is 1.28 bits per heavy atom. The molecule has 32 heavy (non-hydrogen) atoms. The number of rotatable bonds is 4. The molecule has 1 saturated heterocycles. The molecule has 3 heterocycles. The third-order valence-electron chi connectivity index (χ3n) is 5.17. The Hall–Kier alpha value is -3.14. The molecule has 4 rings (SSSR count). The van der Waals surface area contributed by atoms with Gasteiger partial charge in [-0.2, -0.15) is 0 Å². The van der Waals surface area contributed by atoms with Crippen LogP contribution in [0.3, 0.4) is 0 Å². The molecule has 2 aliphatic rings. The minimum absolute atomic E-state index is 0.149. The second kappa shape index (κ2) is 8.09. The quantitative estimate of drug-likeness (QED) is 0.734. The molecule has 2 aromatic rings. The Balaban J connectivity index is 1.60. The van der Waals surface area contributed by atoms with Crippen LogP contribution in [-0.4, -0.2) is 52.1 Å². The fraction of sp³-hybridized carbons (Fsp3) is 0.455. The van der Waals surface area contributed by atoms with Gasteiger partial charge in [-0.05, 0) is 51.0 Å². The number of nitrogens with one attached hydrogen (secondary N) is 1. The van der Waals surface area contributed by atoms with Gasteiger partial charge in [0.1, 0.15) is 11.4 Å². The van der Waals surface area contributed by atoms with Gasteiger partial charge in [-0.25, -0.2) is 4.79 Å². The zero-order chi connectivity index (χ0) is 23.1. The number of aromatic hydroxyl groups is 1. The fourth-order valence-electron chi connectivity index (χ4n) is 3.97. The minimum atomic E-state index is -3.78. The van der Waals surface area contributed by atoms with Gasteiger partial charge < -0.3 is 24.6 Å². The van der Waals surface area contributed by atoms with Gasteiger partial charge in [0.25, 0.3) is 0 Å². The molecule has 1 fully saturated rings. The van der Waals surface area contributed by atoms with E-state index in [1.165, 1.54) is 6.07 Å². The van der Waals surface area contributed by atoms with Gasteiger partial charge in [-0.1, -0.05) is 0 Å². The lowest BCUT2D eigenvalue weighted by Gasteiger charge is -2.29. The van der Waals surface area contributed by atoms with E-state index in [4.69, 9.17) is 4.74 Å². The van der Waals surface area contributed by atoms with Crippen molar-refractivity contribution >= 4 is 6.09 Å². The predicted molar refractivity (Wildman–Crippen MR) is 110 cm³/mol. The van der Waals surface area contributed by atoms with E-state index < -0.39 is 24.0 Å². The lowest BCUT2D eigenvalue weighted by Crippen LogP contribution is -2.41. The van der Waals surface area contributed by atoms with Gasteiger partial charge in [-0.15, -0.1) is 8.78 Å². The minimum Gasteiger partial charge on any atom is -0.507 e. The van der Waals surface area contributed by atoms with E-state index in [9.17, 15) is 18.7 Å². The van der Waals surface area contributed by atoms with Gasteiger partial charge in [-0.3, -0.25) is 9.88 Å². The van der Waals surface area contributed by atoms with E-state index in [0.29, 0.717) is 25.1 Å².